The Labute approximate surface area is 281 Å². The number of alkyl halides is 1. The Kier molecular flexibility index (Phi) is 10.8. The van der Waals surface area contributed by atoms with Crippen LogP contribution in [0.5, 0.6) is 0 Å². The summed E-state index contributed by atoms with van der Waals surface area (Å²) in [4.78, 5) is 54.7. The highest BCUT2D eigenvalue weighted by atomic mass is 19.1. The van der Waals surface area contributed by atoms with Crippen molar-refractivity contribution in [3.63, 3.8) is 0 Å². The van der Waals surface area contributed by atoms with E-state index in [-0.39, 0.29) is 36.2 Å². The molecule has 1 aromatic heterocycles. The summed E-state index contributed by atoms with van der Waals surface area (Å²) in [6.45, 7) is 7.03. The van der Waals surface area contributed by atoms with Crippen molar-refractivity contribution in [1.82, 2.24) is 14.8 Å². The lowest BCUT2D eigenvalue weighted by molar-refractivity contribution is -0.141. The number of ether oxygens (including phenoxy) is 2. The first-order chi connectivity index (χ1) is 22.9. The summed E-state index contributed by atoms with van der Waals surface area (Å²) in [6, 6.07) is 15.6. The molecule has 2 aliphatic rings. The minimum Gasteiger partial charge on any atom is -0.461 e. The highest BCUT2D eigenvalue weighted by Gasteiger charge is 2.45. The van der Waals surface area contributed by atoms with Gasteiger partial charge in [-0.2, -0.15) is 0 Å². The summed E-state index contributed by atoms with van der Waals surface area (Å²) in [5.74, 6) is -1.35. The normalized spacial score (nSPS) is 21.8. The number of nitrogens with one attached hydrogen (secondary N) is 2. The molecular weight excluding hydrogens is 615 g/mol. The van der Waals surface area contributed by atoms with E-state index < -0.39 is 36.4 Å². The fraction of sp³-hybridized carbons (Fsp3) is 0.514. The van der Waals surface area contributed by atoms with Crippen molar-refractivity contribution in [2.75, 3.05) is 25.1 Å². The number of fused-ring (bicyclic) bond motifs is 1. The number of benzene rings is 2. The third-order valence-corrected chi connectivity index (χ3v) is 9.53. The Morgan fingerprint density at radius 3 is 2.33 bits per heavy atom. The Morgan fingerprint density at radius 1 is 0.979 bits per heavy atom. The quantitative estimate of drug-likeness (QED) is 0.258. The molecule has 2 fully saturated rings. The highest BCUT2D eigenvalue weighted by molar-refractivity contribution is 6.01. The van der Waals surface area contributed by atoms with Gasteiger partial charge < -0.3 is 29.6 Å². The number of nitrogens with zero attached hydrogens (tertiary/aromatic N) is 2. The summed E-state index contributed by atoms with van der Waals surface area (Å²) in [6.07, 6.45) is 2.26. The molecule has 1 aliphatic heterocycles. The van der Waals surface area contributed by atoms with Crippen molar-refractivity contribution in [2.24, 2.45) is 18.9 Å². The Balaban J connectivity index is 1.30. The third-order valence-electron chi connectivity index (χ3n) is 9.53. The number of anilines is 1. The first-order valence-corrected chi connectivity index (χ1v) is 16.9. The van der Waals surface area contributed by atoms with Crippen LogP contribution in [-0.4, -0.2) is 70.9 Å². The molecule has 1 saturated heterocycles. The number of carbonyl (C=O) groups excluding carboxylic acids is 4. The zero-order chi connectivity index (χ0) is 34.6. The zero-order valence-electron chi connectivity index (χ0n) is 28.5. The Morgan fingerprint density at radius 2 is 1.69 bits per heavy atom. The Hall–Kier alpha value is -4.41. The maximum Gasteiger partial charge on any atom is 0.407 e. The second-order valence-electron chi connectivity index (χ2n) is 13.9. The van der Waals surface area contributed by atoms with Crippen LogP contribution in [0.25, 0.3) is 10.9 Å². The van der Waals surface area contributed by atoms with E-state index in [1.54, 1.807) is 56.3 Å². The molecule has 3 aromatic rings. The highest BCUT2D eigenvalue weighted by Crippen LogP contribution is 2.39. The fourth-order valence-corrected chi connectivity index (χ4v) is 7.20. The smallest absolute Gasteiger partial charge is 0.407 e. The van der Waals surface area contributed by atoms with Gasteiger partial charge in [-0.05, 0) is 95.5 Å². The largest absolute Gasteiger partial charge is 0.461 e. The van der Waals surface area contributed by atoms with Gasteiger partial charge in [0.25, 0.3) is 0 Å². The number of rotatable bonds is 9. The first-order valence-electron chi connectivity index (χ1n) is 16.9. The molecule has 258 valence electrons. The second-order valence-corrected chi connectivity index (χ2v) is 13.9. The molecule has 1 saturated carbocycles. The van der Waals surface area contributed by atoms with Gasteiger partial charge in [-0.1, -0.05) is 30.3 Å². The van der Waals surface area contributed by atoms with Crippen LogP contribution >= 0.6 is 0 Å². The molecule has 10 nitrogen and oxygen atoms in total. The van der Waals surface area contributed by atoms with Crippen LogP contribution < -0.4 is 10.6 Å². The predicted octanol–water partition coefficient (Wildman–Crippen LogP) is 6.35. The summed E-state index contributed by atoms with van der Waals surface area (Å²) < 4.78 is 26.3. The number of aromatic nitrogens is 1. The van der Waals surface area contributed by atoms with Crippen molar-refractivity contribution < 1.29 is 33.0 Å². The first kappa shape index (κ1) is 34.9. The molecule has 2 N–H and O–H groups in total. The van der Waals surface area contributed by atoms with Crippen LogP contribution in [0.2, 0.25) is 0 Å². The molecule has 11 heteroatoms. The molecule has 1 aliphatic carbocycles. The number of carbonyl (C=O) groups is 4. The number of aryl methyl sites for hydroxylation is 1. The van der Waals surface area contributed by atoms with Crippen molar-refractivity contribution in [3.05, 3.63) is 65.9 Å². The molecule has 3 atom stereocenters. The van der Waals surface area contributed by atoms with Gasteiger partial charge in [0, 0.05) is 42.0 Å². The minimum absolute atomic E-state index is 0.0680. The van der Waals surface area contributed by atoms with Crippen LogP contribution in [0, 0.1) is 11.8 Å². The van der Waals surface area contributed by atoms with E-state index in [0.717, 1.165) is 16.5 Å². The van der Waals surface area contributed by atoms with Gasteiger partial charge in [0.05, 0.1) is 12.6 Å². The lowest BCUT2D eigenvalue weighted by Crippen LogP contribution is -2.49. The van der Waals surface area contributed by atoms with Crippen LogP contribution in [0.4, 0.5) is 14.9 Å². The molecule has 48 heavy (non-hydrogen) atoms. The van der Waals surface area contributed by atoms with Crippen molar-refractivity contribution >= 4 is 40.5 Å². The van der Waals surface area contributed by atoms with Crippen LogP contribution in [0.1, 0.15) is 81.8 Å². The van der Waals surface area contributed by atoms with E-state index in [1.807, 2.05) is 42.5 Å². The maximum absolute atomic E-state index is 14.1. The predicted molar refractivity (Wildman–Crippen MR) is 181 cm³/mol. The Bertz CT molecular complexity index is 1630. The maximum atomic E-state index is 14.1. The van der Waals surface area contributed by atoms with Crippen molar-refractivity contribution in [1.29, 1.82) is 0 Å². The van der Waals surface area contributed by atoms with Crippen LogP contribution in [0.3, 0.4) is 0 Å². The lowest BCUT2D eigenvalue weighted by Gasteiger charge is -2.36. The van der Waals surface area contributed by atoms with E-state index in [0.29, 0.717) is 50.0 Å². The van der Waals surface area contributed by atoms with Gasteiger partial charge in [0.2, 0.25) is 11.8 Å². The summed E-state index contributed by atoms with van der Waals surface area (Å²) in [5.41, 5.74) is 2.11. The van der Waals surface area contributed by atoms with E-state index in [2.05, 4.69) is 10.6 Å². The van der Waals surface area contributed by atoms with Crippen molar-refractivity contribution in [3.8, 4) is 0 Å². The average molecular weight is 663 g/mol. The molecule has 3 amide bonds. The van der Waals surface area contributed by atoms with Gasteiger partial charge >= 0.3 is 12.1 Å². The van der Waals surface area contributed by atoms with Crippen molar-refractivity contribution in [2.45, 2.75) is 83.4 Å². The molecule has 0 radical (unpaired) electrons. The van der Waals surface area contributed by atoms with E-state index in [4.69, 9.17) is 9.47 Å². The summed E-state index contributed by atoms with van der Waals surface area (Å²) in [5, 5.41) is 6.52. The minimum atomic E-state index is -0.716. The molecule has 0 bridgehead atoms. The fourth-order valence-electron chi connectivity index (χ4n) is 7.20. The number of esters is 1. The third kappa shape index (κ3) is 7.82. The number of halogens is 1. The number of amides is 3. The average Bonchev–Trinajstić information content (AvgIpc) is 3.65. The molecule has 2 heterocycles. The molecule has 2 aromatic carbocycles. The SMILES string of the molecule is CCOC(=O)c1cc2cc(NC(=O)[C@@H]3[C@H](c4ccccc4)CCN3C(=O)C3CCC([C@@H](CF)NC(=O)OC(C)(C)C)CC3)ccc2n1C. The lowest BCUT2D eigenvalue weighted by atomic mass is 9.78. The standard InChI is InChI=1S/C37H47FN4O6/c1-6-47-35(45)31-21-26-20-27(16-17-30(26)41(31)5)39-33(43)32-28(23-10-8-7-9-11-23)18-19-42(32)34(44)25-14-12-24(13-15-25)29(22-38)40-36(46)48-37(2,3)4/h7-11,16-17,20-21,24-25,28-29,32H,6,12-15,18-19,22H2,1-5H3,(H,39,43)(H,40,46)/t24?,25?,28-,29+,32-/m0/s1. The topological polar surface area (TPSA) is 119 Å². The zero-order valence-corrected chi connectivity index (χ0v) is 28.5. The molecular formula is C37H47FN4O6. The van der Waals surface area contributed by atoms with E-state index in [1.165, 1.54) is 0 Å². The summed E-state index contributed by atoms with van der Waals surface area (Å²) >= 11 is 0. The van der Waals surface area contributed by atoms with Gasteiger partial charge in [-0.25, -0.2) is 14.0 Å². The summed E-state index contributed by atoms with van der Waals surface area (Å²) in [7, 11) is 1.79. The van der Waals surface area contributed by atoms with Crippen LogP contribution in [-0.2, 0) is 26.1 Å². The molecule has 0 spiro atoms. The molecule has 0 unspecified atom stereocenters. The van der Waals surface area contributed by atoms with Crippen LogP contribution in [0.15, 0.2) is 54.6 Å². The van der Waals surface area contributed by atoms with E-state index in [9.17, 15) is 23.6 Å². The second kappa shape index (κ2) is 14.8. The molecule has 5 rings (SSSR count). The number of likely N-dealkylation sites (tertiary alicyclic amines) is 1. The van der Waals surface area contributed by atoms with Gasteiger partial charge in [-0.15, -0.1) is 0 Å². The number of hydrogen-bond donors (Lipinski definition) is 2. The monoisotopic (exact) mass is 662 g/mol. The number of hydrogen-bond acceptors (Lipinski definition) is 6. The van der Waals surface area contributed by atoms with Gasteiger partial charge in [-0.3, -0.25) is 9.59 Å². The number of alkyl carbamates (subject to hydrolysis) is 1. The van der Waals surface area contributed by atoms with Gasteiger partial charge in [0.1, 0.15) is 24.0 Å². The van der Waals surface area contributed by atoms with Gasteiger partial charge in [0.15, 0.2) is 0 Å². The van der Waals surface area contributed by atoms with E-state index >= 15 is 0 Å².